The molecule has 1 unspecified atom stereocenters. The average Bonchev–Trinajstić information content (AvgIpc) is 2.20. The van der Waals surface area contributed by atoms with Crippen LogP contribution in [0.4, 0.5) is 0 Å². The van der Waals surface area contributed by atoms with E-state index in [-0.39, 0.29) is 6.42 Å². The van der Waals surface area contributed by atoms with E-state index < -0.39 is 17.7 Å². The number of allylic oxidation sites excluding steroid dienone is 1. The van der Waals surface area contributed by atoms with Gasteiger partial charge in [-0.2, -0.15) is 0 Å². The standard InChI is InChI=1S/C12H22N2O2/c1-2-3-4-5-6-7-8-10(12(14)16)9-11(13)15/h7-8,10H,2-6,9H2,1H3,(H2,13,15)(H2,14,16). The van der Waals surface area contributed by atoms with Crippen molar-refractivity contribution in [2.24, 2.45) is 17.4 Å². The number of nitrogens with two attached hydrogens (primary N) is 2. The lowest BCUT2D eigenvalue weighted by atomic mass is 10.0. The minimum atomic E-state index is -0.552. The molecule has 0 saturated carbocycles. The molecular formula is C12H22N2O2. The number of hydrogen-bond donors (Lipinski definition) is 2. The minimum Gasteiger partial charge on any atom is -0.370 e. The van der Waals surface area contributed by atoms with Crippen molar-refractivity contribution >= 4 is 11.8 Å². The van der Waals surface area contributed by atoms with Gasteiger partial charge in [0.25, 0.3) is 0 Å². The van der Waals surface area contributed by atoms with Gasteiger partial charge in [0.2, 0.25) is 11.8 Å². The molecule has 0 heterocycles. The van der Waals surface area contributed by atoms with E-state index in [9.17, 15) is 9.59 Å². The molecule has 92 valence electrons. The third kappa shape index (κ3) is 8.03. The monoisotopic (exact) mass is 226 g/mol. The molecule has 0 aliphatic rings. The molecule has 0 bridgehead atoms. The second-order valence-electron chi connectivity index (χ2n) is 3.96. The minimum absolute atomic E-state index is 0.000787. The molecule has 0 fully saturated rings. The zero-order valence-electron chi connectivity index (χ0n) is 9.95. The molecule has 0 spiro atoms. The Morgan fingerprint density at radius 3 is 2.38 bits per heavy atom. The van der Waals surface area contributed by atoms with Gasteiger partial charge in [-0.05, 0) is 12.8 Å². The largest absolute Gasteiger partial charge is 0.370 e. The topological polar surface area (TPSA) is 86.2 Å². The molecule has 0 saturated heterocycles. The molecule has 2 amide bonds. The van der Waals surface area contributed by atoms with Crippen LogP contribution < -0.4 is 11.5 Å². The number of primary amides is 2. The van der Waals surface area contributed by atoms with Crippen LogP contribution in [0.25, 0.3) is 0 Å². The van der Waals surface area contributed by atoms with E-state index in [0.717, 1.165) is 12.8 Å². The third-order valence-corrected chi connectivity index (χ3v) is 2.38. The zero-order chi connectivity index (χ0) is 12.4. The number of hydrogen-bond acceptors (Lipinski definition) is 2. The summed E-state index contributed by atoms with van der Waals surface area (Å²) in [5.74, 6) is -1.55. The number of unbranched alkanes of at least 4 members (excludes halogenated alkanes) is 4. The Hall–Kier alpha value is -1.32. The maximum absolute atomic E-state index is 11.0. The molecule has 0 rings (SSSR count). The fraction of sp³-hybridized carbons (Fsp3) is 0.667. The first-order chi connectivity index (χ1) is 7.57. The van der Waals surface area contributed by atoms with Crippen molar-refractivity contribution in [1.29, 1.82) is 0 Å². The van der Waals surface area contributed by atoms with Gasteiger partial charge in [0.15, 0.2) is 0 Å². The summed E-state index contributed by atoms with van der Waals surface area (Å²) < 4.78 is 0. The molecule has 0 radical (unpaired) electrons. The predicted molar refractivity (Wildman–Crippen MR) is 64.4 cm³/mol. The van der Waals surface area contributed by atoms with Gasteiger partial charge in [-0.1, -0.05) is 38.3 Å². The highest BCUT2D eigenvalue weighted by molar-refractivity contribution is 5.85. The van der Waals surface area contributed by atoms with Gasteiger partial charge in [-0.3, -0.25) is 9.59 Å². The van der Waals surface area contributed by atoms with Crippen molar-refractivity contribution in [2.45, 2.75) is 45.4 Å². The molecular weight excluding hydrogens is 204 g/mol. The summed E-state index contributed by atoms with van der Waals surface area (Å²) in [6, 6.07) is 0. The third-order valence-electron chi connectivity index (χ3n) is 2.38. The normalized spacial score (nSPS) is 12.8. The SMILES string of the molecule is CCCCCCC=CC(CC(N)=O)C(N)=O. The van der Waals surface area contributed by atoms with Crippen LogP contribution in [0, 0.1) is 5.92 Å². The van der Waals surface area contributed by atoms with Crippen molar-refractivity contribution in [1.82, 2.24) is 0 Å². The summed E-state index contributed by atoms with van der Waals surface area (Å²) in [5.41, 5.74) is 10.2. The quantitative estimate of drug-likeness (QED) is 0.461. The number of carbonyl (C=O) groups excluding carboxylic acids is 2. The van der Waals surface area contributed by atoms with E-state index in [1.54, 1.807) is 6.08 Å². The first-order valence-corrected chi connectivity index (χ1v) is 5.82. The summed E-state index contributed by atoms with van der Waals surface area (Å²) in [4.78, 5) is 21.6. The van der Waals surface area contributed by atoms with Crippen molar-refractivity contribution in [3.63, 3.8) is 0 Å². The molecule has 0 aromatic heterocycles. The number of rotatable bonds is 9. The highest BCUT2D eigenvalue weighted by Crippen LogP contribution is 2.07. The van der Waals surface area contributed by atoms with Crippen LogP contribution in [-0.2, 0) is 9.59 Å². The predicted octanol–water partition coefficient (Wildman–Crippen LogP) is 1.49. The van der Waals surface area contributed by atoms with Crippen molar-refractivity contribution in [2.75, 3.05) is 0 Å². The van der Waals surface area contributed by atoms with E-state index in [4.69, 9.17) is 11.5 Å². The first kappa shape index (κ1) is 14.7. The smallest absolute Gasteiger partial charge is 0.224 e. The van der Waals surface area contributed by atoms with E-state index in [0.29, 0.717) is 0 Å². The Kier molecular flexibility index (Phi) is 8.21. The van der Waals surface area contributed by atoms with Crippen LogP contribution in [0.1, 0.15) is 45.4 Å². The van der Waals surface area contributed by atoms with E-state index >= 15 is 0 Å². The molecule has 1 atom stereocenters. The van der Waals surface area contributed by atoms with Crippen LogP contribution in [0.5, 0.6) is 0 Å². The Morgan fingerprint density at radius 2 is 1.88 bits per heavy atom. The summed E-state index contributed by atoms with van der Waals surface area (Å²) in [7, 11) is 0. The molecule has 4 heteroatoms. The van der Waals surface area contributed by atoms with Crippen LogP contribution in [0.3, 0.4) is 0 Å². The highest BCUT2D eigenvalue weighted by Gasteiger charge is 2.13. The van der Waals surface area contributed by atoms with Crippen LogP contribution >= 0.6 is 0 Å². The second-order valence-corrected chi connectivity index (χ2v) is 3.96. The van der Waals surface area contributed by atoms with Crippen molar-refractivity contribution in [3.05, 3.63) is 12.2 Å². The fourth-order valence-electron chi connectivity index (χ4n) is 1.43. The Morgan fingerprint density at radius 1 is 1.19 bits per heavy atom. The van der Waals surface area contributed by atoms with Gasteiger partial charge in [0.1, 0.15) is 0 Å². The Labute approximate surface area is 97.1 Å². The van der Waals surface area contributed by atoms with Crippen LogP contribution in [-0.4, -0.2) is 11.8 Å². The summed E-state index contributed by atoms with van der Waals surface area (Å²) in [6.45, 7) is 2.16. The first-order valence-electron chi connectivity index (χ1n) is 5.82. The summed E-state index contributed by atoms with van der Waals surface area (Å²) >= 11 is 0. The Balaban J connectivity index is 3.85. The molecule has 4 nitrogen and oxygen atoms in total. The van der Waals surface area contributed by atoms with Crippen LogP contribution in [0.15, 0.2) is 12.2 Å². The van der Waals surface area contributed by atoms with Gasteiger partial charge >= 0.3 is 0 Å². The molecule has 16 heavy (non-hydrogen) atoms. The lowest BCUT2D eigenvalue weighted by molar-refractivity contribution is -0.125. The summed E-state index contributed by atoms with van der Waals surface area (Å²) in [5, 5.41) is 0. The molecule has 4 N–H and O–H groups in total. The van der Waals surface area contributed by atoms with Crippen molar-refractivity contribution < 1.29 is 9.59 Å². The van der Waals surface area contributed by atoms with Gasteiger partial charge in [-0.25, -0.2) is 0 Å². The second kappa shape index (κ2) is 8.95. The summed E-state index contributed by atoms with van der Waals surface area (Å²) in [6.07, 6.45) is 9.25. The lowest BCUT2D eigenvalue weighted by Gasteiger charge is -2.04. The van der Waals surface area contributed by atoms with Crippen molar-refractivity contribution in [3.8, 4) is 0 Å². The zero-order valence-corrected chi connectivity index (χ0v) is 9.95. The fourth-order valence-corrected chi connectivity index (χ4v) is 1.43. The highest BCUT2D eigenvalue weighted by atomic mass is 16.2. The average molecular weight is 226 g/mol. The van der Waals surface area contributed by atoms with Gasteiger partial charge in [0, 0.05) is 6.42 Å². The Bertz CT molecular complexity index is 249. The van der Waals surface area contributed by atoms with E-state index in [1.165, 1.54) is 19.3 Å². The van der Waals surface area contributed by atoms with Gasteiger partial charge < -0.3 is 11.5 Å². The van der Waals surface area contributed by atoms with E-state index in [2.05, 4.69) is 6.92 Å². The molecule has 0 aromatic rings. The van der Waals surface area contributed by atoms with E-state index in [1.807, 2.05) is 6.08 Å². The maximum Gasteiger partial charge on any atom is 0.224 e. The molecule has 0 aliphatic heterocycles. The lowest BCUT2D eigenvalue weighted by Crippen LogP contribution is -2.26. The van der Waals surface area contributed by atoms with Gasteiger partial charge in [-0.15, -0.1) is 0 Å². The maximum atomic E-state index is 11.0. The molecule has 0 aromatic carbocycles. The number of carbonyl (C=O) groups is 2. The van der Waals surface area contributed by atoms with Gasteiger partial charge in [0.05, 0.1) is 5.92 Å². The number of amides is 2. The molecule has 0 aliphatic carbocycles. The van der Waals surface area contributed by atoms with Crippen LogP contribution in [0.2, 0.25) is 0 Å².